The second-order valence-electron chi connectivity index (χ2n) is 5.74. The van der Waals surface area contributed by atoms with Crippen molar-refractivity contribution >= 4 is 5.97 Å². The number of rotatable bonds is 3. The van der Waals surface area contributed by atoms with Crippen molar-refractivity contribution in [3.8, 4) is 0 Å². The fourth-order valence-electron chi connectivity index (χ4n) is 3.17. The van der Waals surface area contributed by atoms with Gasteiger partial charge in [0.25, 0.3) is 0 Å². The van der Waals surface area contributed by atoms with E-state index in [9.17, 15) is 4.79 Å². The highest BCUT2D eigenvalue weighted by Gasteiger charge is 2.34. The Hall–Kier alpha value is -1.35. The van der Waals surface area contributed by atoms with Crippen molar-refractivity contribution in [2.45, 2.75) is 31.7 Å². The van der Waals surface area contributed by atoms with Crippen molar-refractivity contribution in [2.24, 2.45) is 11.8 Å². The topological polar surface area (TPSA) is 38.3 Å². The van der Waals surface area contributed by atoms with Crippen LogP contribution in [0.3, 0.4) is 0 Å². The summed E-state index contributed by atoms with van der Waals surface area (Å²) in [5, 5.41) is 3.59. The lowest BCUT2D eigenvalue weighted by Gasteiger charge is -2.30. The van der Waals surface area contributed by atoms with Crippen molar-refractivity contribution in [2.75, 3.05) is 13.7 Å². The molecule has 0 radical (unpaired) electrons. The molecule has 1 aliphatic heterocycles. The van der Waals surface area contributed by atoms with Crippen molar-refractivity contribution < 1.29 is 9.53 Å². The Morgan fingerprint density at radius 1 is 1.16 bits per heavy atom. The number of ether oxygens (including phenoxy) is 1. The molecule has 1 aliphatic carbocycles. The number of benzene rings is 1. The Balaban J connectivity index is 1.69. The van der Waals surface area contributed by atoms with Crippen LogP contribution in [0.4, 0.5) is 0 Å². The summed E-state index contributed by atoms with van der Waals surface area (Å²) < 4.78 is 4.72. The van der Waals surface area contributed by atoms with Crippen LogP contribution in [0.2, 0.25) is 0 Å². The van der Waals surface area contributed by atoms with E-state index in [1.165, 1.54) is 38.4 Å². The zero-order chi connectivity index (χ0) is 13.2. The van der Waals surface area contributed by atoms with Crippen molar-refractivity contribution in [1.82, 2.24) is 5.32 Å². The van der Waals surface area contributed by atoms with Crippen LogP contribution in [0, 0.1) is 11.8 Å². The van der Waals surface area contributed by atoms with Gasteiger partial charge in [-0.25, -0.2) is 4.79 Å². The maximum absolute atomic E-state index is 11.4. The lowest BCUT2D eigenvalue weighted by molar-refractivity contribution is 0.0600. The number of methoxy groups -OCH3 is 1. The van der Waals surface area contributed by atoms with Gasteiger partial charge in [-0.15, -0.1) is 0 Å². The number of piperidine rings is 1. The highest BCUT2D eigenvalue weighted by atomic mass is 16.5. The summed E-state index contributed by atoms with van der Waals surface area (Å²) in [5.41, 5.74) is 1.92. The first-order valence-electron chi connectivity index (χ1n) is 7.19. The molecular weight excluding hydrogens is 238 g/mol. The van der Waals surface area contributed by atoms with Crippen molar-refractivity contribution in [1.29, 1.82) is 0 Å². The average Bonchev–Trinajstić information content (AvgIpc) is 3.31. The van der Waals surface area contributed by atoms with Gasteiger partial charge in [-0.05, 0) is 61.8 Å². The third-order valence-electron chi connectivity index (χ3n) is 4.47. The minimum Gasteiger partial charge on any atom is -0.465 e. The molecule has 1 saturated carbocycles. The summed E-state index contributed by atoms with van der Waals surface area (Å²) in [7, 11) is 1.42. The Kier molecular flexibility index (Phi) is 3.56. The normalized spacial score (nSPS) is 27.0. The lowest BCUT2D eigenvalue weighted by atomic mass is 9.85. The van der Waals surface area contributed by atoms with Gasteiger partial charge in [0, 0.05) is 6.04 Å². The number of nitrogens with one attached hydrogen (secondary N) is 1. The molecule has 0 spiro atoms. The van der Waals surface area contributed by atoms with E-state index in [2.05, 4.69) is 17.4 Å². The van der Waals surface area contributed by atoms with Crippen LogP contribution in [0.25, 0.3) is 0 Å². The molecule has 1 aromatic rings. The number of carbonyl (C=O) groups is 1. The Bertz CT molecular complexity index is 450. The third kappa shape index (κ3) is 2.81. The molecule has 19 heavy (non-hydrogen) atoms. The molecule has 1 N–H and O–H groups in total. The first-order chi connectivity index (χ1) is 9.28. The largest absolute Gasteiger partial charge is 0.465 e. The fourth-order valence-corrected chi connectivity index (χ4v) is 3.17. The molecule has 3 heteroatoms. The van der Waals surface area contributed by atoms with Gasteiger partial charge in [-0.1, -0.05) is 12.1 Å². The van der Waals surface area contributed by atoms with Crippen LogP contribution in [-0.2, 0) is 4.74 Å². The van der Waals surface area contributed by atoms with Gasteiger partial charge in [-0.3, -0.25) is 0 Å². The highest BCUT2D eigenvalue weighted by molar-refractivity contribution is 5.89. The summed E-state index contributed by atoms with van der Waals surface area (Å²) >= 11 is 0. The average molecular weight is 259 g/mol. The van der Waals surface area contributed by atoms with Crippen LogP contribution in [-0.4, -0.2) is 19.6 Å². The number of hydrogen-bond donors (Lipinski definition) is 1. The van der Waals surface area contributed by atoms with Gasteiger partial charge in [-0.2, -0.15) is 0 Å². The standard InChI is InChI=1S/C16H21NO2/c1-19-16(18)13-6-4-12(5-7-13)15-10-14(8-9-17-15)11-2-3-11/h4-7,11,14-15,17H,2-3,8-10H2,1H3/t14-,15-/m0/s1. The minimum atomic E-state index is -0.265. The molecule has 102 valence electrons. The predicted molar refractivity (Wildman–Crippen MR) is 74.0 cm³/mol. The molecule has 0 amide bonds. The second kappa shape index (κ2) is 5.33. The van der Waals surface area contributed by atoms with Crippen LogP contribution in [0.1, 0.15) is 47.6 Å². The zero-order valence-corrected chi connectivity index (χ0v) is 11.4. The summed E-state index contributed by atoms with van der Waals surface area (Å²) in [6.45, 7) is 1.12. The molecule has 0 unspecified atom stereocenters. The van der Waals surface area contributed by atoms with E-state index < -0.39 is 0 Å². The van der Waals surface area contributed by atoms with E-state index in [1.54, 1.807) is 0 Å². The lowest BCUT2D eigenvalue weighted by Crippen LogP contribution is -2.32. The second-order valence-corrected chi connectivity index (χ2v) is 5.74. The summed E-state index contributed by atoms with van der Waals surface area (Å²) in [6.07, 6.45) is 5.42. The summed E-state index contributed by atoms with van der Waals surface area (Å²) in [5.74, 6) is 1.62. The van der Waals surface area contributed by atoms with E-state index in [-0.39, 0.29) is 5.97 Å². The summed E-state index contributed by atoms with van der Waals surface area (Å²) in [6, 6.07) is 8.29. The molecule has 1 heterocycles. The number of carbonyl (C=O) groups excluding carboxylic acids is 1. The van der Waals surface area contributed by atoms with E-state index in [1.807, 2.05) is 12.1 Å². The van der Waals surface area contributed by atoms with Crippen molar-refractivity contribution in [3.05, 3.63) is 35.4 Å². The molecule has 0 bridgehead atoms. The Morgan fingerprint density at radius 3 is 2.53 bits per heavy atom. The van der Waals surface area contributed by atoms with Gasteiger partial charge in [0.05, 0.1) is 12.7 Å². The first kappa shape index (κ1) is 12.7. The molecule has 3 nitrogen and oxygen atoms in total. The molecule has 2 fully saturated rings. The molecular formula is C16H21NO2. The van der Waals surface area contributed by atoms with Crippen LogP contribution in [0.15, 0.2) is 24.3 Å². The summed E-state index contributed by atoms with van der Waals surface area (Å²) in [4.78, 5) is 11.4. The van der Waals surface area contributed by atoms with Gasteiger partial charge >= 0.3 is 5.97 Å². The van der Waals surface area contributed by atoms with Gasteiger partial charge in [0.2, 0.25) is 0 Å². The predicted octanol–water partition coefficient (Wildman–Crippen LogP) is 2.92. The van der Waals surface area contributed by atoms with Crippen LogP contribution < -0.4 is 5.32 Å². The molecule has 0 aromatic heterocycles. The van der Waals surface area contributed by atoms with Gasteiger partial charge in [0.15, 0.2) is 0 Å². The Morgan fingerprint density at radius 2 is 1.89 bits per heavy atom. The smallest absolute Gasteiger partial charge is 0.337 e. The van der Waals surface area contributed by atoms with E-state index >= 15 is 0 Å². The van der Waals surface area contributed by atoms with E-state index in [0.29, 0.717) is 11.6 Å². The van der Waals surface area contributed by atoms with E-state index in [0.717, 1.165) is 18.4 Å². The molecule has 1 saturated heterocycles. The zero-order valence-electron chi connectivity index (χ0n) is 11.4. The SMILES string of the molecule is COC(=O)c1ccc([C@@H]2C[C@@H](C3CC3)CCN2)cc1. The molecule has 3 rings (SSSR count). The fraction of sp³-hybridized carbons (Fsp3) is 0.562. The van der Waals surface area contributed by atoms with Gasteiger partial charge < -0.3 is 10.1 Å². The third-order valence-corrected chi connectivity index (χ3v) is 4.47. The van der Waals surface area contributed by atoms with Crippen LogP contribution >= 0.6 is 0 Å². The van der Waals surface area contributed by atoms with Crippen LogP contribution in [0.5, 0.6) is 0 Å². The number of esters is 1. The molecule has 2 aliphatic rings. The Labute approximate surface area is 114 Å². The quantitative estimate of drug-likeness (QED) is 0.848. The van der Waals surface area contributed by atoms with Gasteiger partial charge in [0.1, 0.15) is 0 Å². The molecule has 1 aromatic carbocycles. The maximum Gasteiger partial charge on any atom is 0.337 e. The van der Waals surface area contributed by atoms with E-state index in [4.69, 9.17) is 4.74 Å². The van der Waals surface area contributed by atoms with Crippen molar-refractivity contribution in [3.63, 3.8) is 0 Å². The highest BCUT2D eigenvalue weighted by Crippen LogP contribution is 2.44. The first-order valence-corrected chi connectivity index (χ1v) is 7.19. The minimum absolute atomic E-state index is 0.265. The monoisotopic (exact) mass is 259 g/mol. The maximum atomic E-state index is 11.4. The molecule has 2 atom stereocenters. The number of hydrogen-bond acceptors (Lipinski definition) is 3.